The zero-order valence-corrected chi connectivity index (χ0v) is 15.1. The second-order valence-electron chi connectivity index (χ2n) is 7.48. The molecule has 25 heavy (non-hydrogen) atoms. The maximum absolute atomic E-state index is 12.3. The van der Waals surface area contributed by atoms with Crippen LogP contribution in [0.2, 0.25) is 0 Å². The molecule has 2 heterocycles. The van der Waals surface area contributed by atoms with Crippen molar-refractivity contribution in [2.24, 2.45) is 0 Å². The van der Waals surface area contributed by atoms with Crippen molar-refractivity contribution < 1.29 is 9.53 Å². The molecular weight excluding hydrogens is 316 g/mol. The Balaban J connectivity index is 1.57. The Morgan fingerprint density at radius 3 is 2.80 bits per heavy atom. The average Bonchev–Trinajstić information content (AvgIpc) is 3.05. The van der Waals surface area contributed by atoms with E-state index in [1.165, 1.54) is 0 Å². The standard InChI is InChI=1S/C19H26N4O2/c1-19(2,3)25-16-13-15(18(16)23-12-6-11-21-23)22-17(24)9-8-14-7-4-5-10-20-14/h4-7,10-12,15-16,18H,8-9,13H2,1-3H3,(H,22,24)/t15-,16-,18+/m1/s1. The summed E-state index contributed by atoms with van der Waals surface area (Å²) in [6.07, 6.45) is 7.37. The van der Waals surface area contributed by atoms with Gasteiger partial charge in [0.25, 0.3) is 0 Å². The summed E-state index contributed by atoms with van der Waals surface area (Å²) in [7, 11) is 0. The van der Waals surface area contributed by atoms with Crippen molar-refractivity contribution in [3.63, 3.8) is 0 Å². The molecule has 134 valence electrons. The Hall–Kier alpha value is -2.21. The molecule has 1 amide bonds. The van der Waals surface area contributed by atoms with Gasteiger partial charge in [-0.3, -0.25) is 14.5 Å². The van der Waals surface area contributed by atoms with Crippen molar-refractivity contribution in [2.75, 3.05) is 0 Å². The molecule has 2 aromatic heterocycles. The van der Waals surface area contributed by atoms with E-state index in [1.54, 1.807) is 12.4 Å². The van der Waals surface area contributed by atoms with Crippen molar-refractivity contribution in [3.8, 4) is 0 Å². The molecule has 0 unspecified atom stereocenters. The molecule has 3 atom stereocenters. The van der Waals surface area contributed by atoms with Gasteiger partial charge in [0.2, 0.25) is 5.91 Å². The Bertz CT molecular complexity index is 679. The number of hydrogen-bond acceptors (Lipinski definition) is 4. The van der Waals surface area contributed by atoms with Crippen molar-refractivity contribution in [1.29, 1.82) is 0 Å². The van der Waals surface area contributed by atoms with Gasteiger partial charge >= 0.3 is 0 Å². The molecule has 6 nitrogen and oxygen atoms in total. The Morgan fingerprint density at radius 2 is 2.16 bits per heavy atom. The van der Waals surface area contributed by atoms with E-state index in [9.17, 15) is 4.79 Å². The molecule has 0 aliphatic heterocycles. The number of ether oxygens (including phenoxy) is 1. The van der Waals surface area contributed by atoms with Gasteiger partial charge in [-0.1, -0.05) is 6.07 Å². The van der Waals surface area contributed by atoms with Crippen LogP contribution in [-0.4, -0.2) is 38.4 Å². The summed E-state index contributed by atoms with van der Waals surface area (Å²) in [5.41, 5.74) is 0.716. The molecule has 1 fully saturated rings. The highest BCUT2D eigenvalue weighted by Gasteiger charge is 2.46. The normalized spacial score (nSPS) is 23.1. The van der Waals surface area contributed by atoms with Gasteiger partial charge in [-0.15, -0.1) is 0 Å². The molecule has 1 aliphatic rings. The molecule has 6 heteroatoms. The fraction of sp³-hybridized carbons (Fsp3) is 0.526. The van der Waals surface area contributed by atoms with Gasteiger partial charge in [0.15, 0.2) is 0 Å². The molecule has 0 bridgehead atoms. The summed E-state index contributed by atoms with van der Waals surface area (Å²) in [6.45, 7) is 6.14. The summed E-state index contributed by atoms with van der Waals surface area (Å²) in [4.78, 5) is 16.6. The minimum atomic E-state index is -0.218. The fourth-order valence-corrected chi connectivity index (χ4v) is 3.19. The first kappa shape index (κ1) is 17.6. The largest absolute Gasteiger partial charge is 0.370 e. The lowest BCUT2D eigenvalue weighted by Crippen LogP contribution is -2.58. The van der Waals surface area contributed by atoms with Gasteiger partial charge < -0.3 is 10.1 Å². The molecule has 0 radical (unpaired) electrons. The maximum atomic E-state index is 12.3. The van der Waals surface area contributed by atoms with Crippen molar-refractivity contribution in [3.05, 3.63) is 48.5 Å². The van der Waals surface area contributed by atoms with Crippen LogP contribution in [0.1, 0.15) is 45.3 Å². The van der Waals surface area contributed by atoms with Gasteiger partial charge in [-0.2, -0.15) is 5.10 Å². The van der Waals surface area contributed by atoms with E-state index in [4.69, 9.17) is 4.74 Å². The minimum absolute atomic E-state index is 0.0352. The molecule has 0 spiro atoms. The van der Waals surface area contributed by atoms with Gasteiger partial charge in [-0.05, 0) is 51.8 Å². The van der Waals surface area contributed by atoms with E-state index in [0.29, 0.717) is 12.8 Å². The SMILES string of the molecule is CC(C)(C)O[C@@H]1C[C@@H](NC(=O)CCc2ccccn2)[C@@H]1n1cccn1. The number of rotatable bonds is 6. The summed E-state index contributed by atoms with van der Waals surface area (Å²) in [6, 6.07) is 7.73. The van der Waals surface area contributed by atoms with Crippen molar-refractivity contribution in [1.82, 2.24) is 20.1 Å². The summed E-state index contributed by atoms with van der Waals surface area (Å²) >= 11 is 0. The van der Waals surface area contributed by atoms with Crippen LogP contribution >= 0.6 is 0 Å². The van der Waals surface area contributed by atoms with Gasteiger partial charge in [-0.25, -0.2) is 0 Å². The molecule has 3 rings (SSSR count). The first-order chi connectivity index (χ1) is 11.9. The van der Waals surface area contributed by atoms with Gasteiger partial charge in [0.05, 0.1) is 23.8 Å². The van der Waals surface area contributed by atoms with Crippen LogP contribution in [-0.2, 0) is 16.0 Å². The molecule has 1 aliphatic carbocycles. The smallest absolute Gasteiger partial charge is 0.220 e. The van der Waals surface area contributed by atoms with E-state index < -0.39 is 0 Å². The number of aryl methyl sites for hydroxylation is 1. The lowest BCUT2D eigenvalue weighted by Gasteiger charge is -2.46. The number of nitrogens with one attached hydrogen (secondary N) is 1. The first-order valence-electron chi connectivity index (χ1n) is 8.78. The zero-order chi connectivity index (χ0) is 17.9. The van der Waals surface area contributed by atoms with Crippen LogP contribution < -0.4 is 5.32 Å². The predicted molar refractivity (Wildman–Crippen MR) is 95.0 cm³/mol. The third kappa shape index (κ3) is 4.66. The number of amides is 1. The number of aromatic nitrogens is 3. The van der Waals surface area contributed by atoms with Crippen LogP contribution in [0.15, 0.2) is 42.9 Å². The highest BCUT2D eigenvalue weighted by atomic mass is 16.5. The van der Waals surface area contributed by atoms with Crippen LogP contribution in [0.5, 0.6) is 0 Å². The molecular formula is C19H26N4O2. The molecule has 2 aromatic rings. The first-order valence-corrected chi connectivity index (χ1v) is 8.78. The number of carbonyl (C=O) groups excluding carboxylic acids is 1. The van der Waals surface area contributed by atoms with E-state index in [0.717, 1.165) is 12.1 Å². The lowest BCUT2D eigenvalue weighted by molar-refractivity contribution is -0.142. The average molecular weight is 342 g/mol. The van der Waals surface area contributed by atoms with Crippen LogP contribution in [0, 0.1) is 0 Å². The third-order valence-electron chi connectivity index (χ3n) is 4.30. The van der Waals surface area contributed by atoms with E-state index >= 15 is 0 Å². The third-order valence-corrected chi connectivity index (χ3v) is 4.30. The Kier molecular flexibility index (Phi) is 5.18. The van der Waals surface area contributed by atoms with Crippen molar-refractivity contribution >= 4 is 5.91 Å². The fourth-order valence-electron chi connectivity index (χ4n) is 3.19. The van der Waals surface area contributed by atoms with E-state index in [1.807, 2.05) is 55.9 Å². The summed E-state index contributed by atoms with van der Waals surface area (Å²) in [5, 5.41) is 7.48. The number of carbonyl (C=O) groups is 1. The van der Waals surface area contributed by atoms with Gasteiger partial charge in [0, 0.05) is 30.7 Å². The molecule has 0 saturated heterocycles. The number of hydrogen-bond donors (Lipinski definition) is 1. The quantitative estimate of drug-likeness (QED) is 0.876. The monoisotopic (exact) mass is 342 g/mol. The number of nitrogens with zero attached hydrogens (tertiary/aromatic N) is 3. The Labute approximate surface area is 148 Å². The Morgan fingerprint density at radius 1 is 1.32 bits per heavy atom. The number of pyridine rings is 1. The second-order valence-corrected chi connectivity index (χ2v) is 7.48. The highest BCUT2D eigenvalue weighted by molar-refractivity contribution is 5.76. The minimum Gasteiger partial charge on any atom is -0.370 e. The van der Waals surface area contributed by atoms with Crippen LogP contribution in [0.4, 0.5) is 0 Å². The van der Waals surface area contributed by atoms with Crippen molar-refractivity contribution in [2.45, 2.75) is 63.8 Å². The lowest BCUT2D eigenvalue weighted by atomic mass is 9.82. The van der Waals surface area contributed by atoms with Gasteiger partial charge in [0.1, 0.15) is 0 Å². The summed E-state index contributed by atoms with van der Waals surface area (Å²) < 4.78 is 8.02. The van der Waals surface area contributed by atoms with Crippen LogP contribution in [0.3, 0.4) is 0 Å². The topological polar surface area (TPSA) is 69.0 Å². The van der Waals surface area contributed by atoms with E-state index in [2.05, 4.69) is 15.4 Å². The molecule has 1 saturated carbocycles. The predicted octanol–water partition coefficient (Wildman–Crippen LogP) is 2.52. The van der Waals surface area contributed by atoms with Crippen LogP contribution in [0.25, 0.3) is 0 Å². The maximum Gasteiger partial charge on any atom is 0.220 e. The molecule has 0 aromatic carbocycles. The molecule has 1 N–H and O–H groups in total. The van der Waals surface area contributed by atoms with E-state index in [-0.39, 0.29) is 29.7 Å². The summed E-state index contributed by atoms with van der Waals surface area (Å²) in [5.74, 6) is 0.0435. The highest BCUT2D eigenvalue weighted by Crippen LogP contribution is 2.37. The second kappa shape index (κ2) is 7.35. The zero-order valence-electron chi connectivity index (χ0n) is 15.1.